The van der Waals surface area contributed by atoms with Gasteiger partial charge in [-0.25, -0.2) is 26.4 Å². The Morgan fingerprint density at radius 3 is 2.27 bits per heavy atom. The first kappa shape index (κ1) is 15.8. The third-order valence-corrected chi connectivity index (χ3v) is 4.02. The van der Waals surface area contributed by atoms with Crippen LogP contribution in [0.15, 0.2) is 41.3 Å². The van der Waals surface area contributed by atoms with E-state index in [0.29, 0.717) is 12.1 Å². The number of carboxylic acids is 1. The number of sulfonamides is 1. The van der Waals surface area contributed by atoms with Gasteiger partial charge in [-0.15, -0.1) is 0 Å². The molecule has 0 saturated carbocycles. The average molecular weight is 331 g/mol. The van der Waals surface area contributed by atoms with E-state index in [0.717, 1.165) is 24.3 Å². The smallest absolute Gasteiger partial charge is 0.335 e. The molecular weight excluding hydrogens is 323 g/mol. The highest BCUT2D eigenvalue weighted by molar-refractivity contribution is 7.92. The van der Waals surface area contributed by atoms with Gasteiger partial charge in [0.2, 0.25) is 0 Å². The molecule has 0 aliphatic carbocycles. The van der Waals surface area contributed by atoms with Crippen LogP contribution in [-0.2, 0) is 10.0 Å². The molecule has 0 radical (unpaired) electrons. The molecule has 22 heavy (non-hydrogen) atoms. The highest BCUT2D eigenvalue weighted by Gasteiger charge is 2.22. The van der Waals surface area contributed by atoms with E-state index in [9.17, 15) is 26.4 Å². The maximum Gasteiger partial charge on any atom is 0.335 e. The monoisotopic (exact) mass is 331 g/mol. The molecule has 0 bridgehead atoms. The van der Waals surface area contributed by atoms with Crippen molar-refractivity contribution in [2.75, 3.05) is 4.72 Å². The number of hydrogen-bond donors (Lipinski definition) is 2. The van der Waals surface area contributed by atoms with E-state index in [-0.39, 0.29) is 5.56 Å². The SMILES string of the molecule is O=C(O)c1ccc(F)c(NS(=O)(=O)c2cc(F)ccc2F)c1. The van der Waals surface area contributed by atoms with Gasteiger partial charge in [0.05, 0.1) is 11.3 Å². The molecule has 0 heterocycles. The fourth-order valence-corrected chi connectivity index (χ4v) is 2.77. The van der Waals surface area contributed by atoms with Gasteiger partial charge in [0.25, 0.3) is 10.0 Å². The lowest BCUT2D eigenvalue weighted by atomic mass is 10.2. The molecule has 2 rings (SSSR count). The van der Waals surface area contributed by atoms with Crippen LogP contribution in [0.5, 0.6) is 0 Å². The first-order chi connectivity index (χ1) is 10.2. The van der Waals surface area contributed by atoms with Crippen LogP contribution < -0.4 is 4.72 Å². The van der Waals surface area contributed by atoms with E-state index >= 15 is 0 Å². The summed E-state index contributed by atoms with van der Waals surface area (Å²) < 4.78 is 65.8. The molecule has 0 aliphatic rings. The van der Waals surface area contributed by atoms with Gasteiger partial charge < -0.3 is 5.11 Å². The molecule has 2 aromatic carbocycles. The summed E-state index contributed by atoms with van der Waals surface area (Å²) in [6.07, 6.45) is 0. The Morgan fingerprint density at radius 1 is 1.00 bits per heavy atom. The standard InChI is InChI=1S/C13H8F3NO4S/c14-8-2-4-10(16)12(6-8)22(20,21)17-11-5-7(13(18)19)1-3-9(11)15/h1-6,17H,(H,18,19). The minimum Gasteiger partial charge on any atom is -0.478 e. The van der Waals surface area contributed by atoms with Gasteiger partial charge in [-0.05, 0) is 36.4 Å². The fourth-order valence-electron chi connectivity index (χ4n) is 1.62. The second kappa shape index (κ2) is 5.68. The van der Waals surface area contributed by atoms with E-state index in [1.807, 2.05) is 0 Å². The maximum absolute atomic E-state index is 13.6. The maximum atomic E-state index is 13.6. The molecule has 0 aliphatic heterocycles. The molecule has 2 aromatic rings. The van der Waals surface area contributed by atoms with Gasteiger partial charge in [-0.3, -0.25) is 4.72 Å². The summed E-state index contributed by atoms with van der Waals surface area (Å²) in [6, 6.07) is 4.15. The highest BCUT2D eigenvalue weighted by Crippen LogP contribution is 2.23. The van der Waals surface area contributed by atoms with Crippen molar-refractivity contribution in [2.45, 2.75) is 4.90 Å². The van der Waals surface area contributed by atoms with Crippen molar-refractivity contribution in [1.82, 2.24) is 0 Å². The van der Waals surface area contributed by atoms with E-state index < -0.39 is 44.0 Å². The lowest BCUT2D eigenvalue weighted by Gasteiger charge is -2.10. The van der Waals surface area contributed by atoms with Crippen molar-refractivity contribution in [2.24, 2.45) is 0 Å². The van der Waals surface area contributed by atoms with Gasteiger partial charge in [0.15, 0.2) is 0 Å². The number of carboxylic acid groups (broad SMARTS) is 1. The lowest BCUT2D eigenvalue weighted by molar-refractivity contribution is 0.0697. The lowest BCUT2D eigenvalue weighted by Crippen LogP contribution is -2.16. The van der Waals surface area contributed by atoms with Gasteiger partial charge in [-0.2, -0.15) is 0 Å². The Bertz CT molecular complexity index is 852. The van der Waals surface area contributed by atoms with Crippen LogP contribution >= 0.6 is 0 Å². The van der Waals surface area contributed by atoms with Crippen LogP contribution in [0, 0.1) is 17.5 Å². The van der Waals surface area contributed by atoms with Crippen LogP contribution in [0.1, 0.15) is 10.4 Å². The molecular formula is C13H8F3NO4S. The predicted octanol–water partition coefficient (Wildman–Crippen LogP) is 2.60. The van der Waals surface area contributed by atoms with Crippen LogP contribution in [0.25, 0.3) is 0 Å². The Morgan fingerprint density at radius 2 is 1.64 bits per heavy atom. The molecule has 0 unspecified atom stereocenters. The first-order valence-corrected chi connectivity index (χ1v) is 7.20. The second-order valence-corrected chi connectivity index (χ2v) is 5.83. The van der Waals surface area contributed by atoms with Crippen LogP contribution in [0.4, 0.5) is 18.9 Å². The minimum atomic E-state index is -4.63. The van der Waals surface area contributed by atoms with Gasteiger partial charge in [0.1, 0.15) is 22.3 Å². The molecule has 0 spiro atoms. The summed E-state index contributed by atoms with van der Waals surface area (Å²) in [7, 11) is -4.63. The normalized spacial score (nSPS) is 11.2. The predicted molar refractivity (Wildman–Crippen MR) is 70.5 cm³/mol. The van der Waals surface area contributed by atoms with Gasteiger partial charge >= 0.3 is 5.97 Å². The third-order valence-electron chi connectivity index (χ3n) is 2.64. The van der Waals surface area contributed by atoms with Crippen molar-refractivity contribution in [3.8, 4) is 0 Å². The van der Waals surface area contributed by atoms with Crippen molar-refractivity contribution < 1.29 is 31.5 Å². The molecule has 0 amide bonds. The number of carbonyl (C=O) groups is 1. The van der Waals surface area contributed by atoms with Crippen LogP contribution in [0.2, 0.25) is 0 Å². The van der Waals surface area contributed by atoms with Crippen molar-refractivity contribution >= 4 is 21.7 Å². The number of rotatable bonds is 4. The number of aromatic carboxylic acids is 1. The van der Waals surface area contributed by atoms with E-state index in [1.165, 1.54) is 0 Å². The van der Waals surface area contributed by atoms with Crippen molar-refractivity contribution in [3.05, 3.63) is 59.4 Å². The molecule has 9 heteroatoms. The number of halogens is 3. The highest BCUT2D eigenvalue weighted by atomic mass is 32.2. The second-order valence-electron chi connectivity index (χ2n) is 4.18. The Hall–Kier alpha value is -2.55. The van der Waals surface area contributed by atoms with Gasteiger partial charge in [-0.1, -0.05) is 0 Å². The molecule has 116 valence electrons. The number of hydrogen-bond acceptors (Lipinski definition) is 3. The molecule has 5 nitrogen and oxygen atoms in total. The quantitative estimate of drug-likeness (QED) is 0.902. The largest absolute Gasteiger partial charge is 0.478 e. The van der Waals surface area contributed by atoms with E-state index in [1.54, 1.807) is 4.72 Å². The third kappa shape index (κ3) is 3.19. The van der Waals surface area contributed by atoms with Gasteiger partial charge in [0, 0.05) is 0 Å². The molecule has 0 aromatic heterocycles. The summed E-state index contributed by atoms with van der Waals surface area (Å²) in [6.45, 7) is 0. The molecule has 0 atom stereocenters. The summed E-state index contributed by atoms with van der Waals surface area (Å²) in [4.78, 5) is 9.77. The summed E-state index contributed by atoms with van der Waals surface area (Å²) in [5.41, 5.74) is -1.07. The zero-order valence-corrected chi connectivity index (χ0v) is 11.5. The topological polar surface area (TPSA) is 83.5 Å². The zero-order valence-electron chi connectivity index (χ0n) is 10.7. The van der Waals surface area contributed by atoms with Crippen LogP contribution in [-0.4, -0.2) is 19.5 Å². The first-order valence-electron chi connectivity index (χ1n) is 5.71. The summed E-state index contributed by atoms with van der Waals surface area (Å²) in [5.74, 6) is -4.70. The van der Waals surface area contributed by atoms with E-state index in [2.05, 4.69) is 0 Å². The summed E-state index contributed by atoms with van der Waals surface area (Å²) in [5, 5.41) is 8.79. The Balaban J connectivity index is 2.47. The zero-order chi connectivity index (χ0) is 16.5. The van der Waals surface area contributed by atoms with Crippen molar-refractivity contribution in [1.29, 1.82) is 0 Å². The Kier molecular flexibility index (Phi) is 4.09. The number of anilines is 1. The molecule has 0 fully saturated rings. The Labute approximate surface area is 123 Å². The minimum absolute atomic E-state index is 0.376. The van der Waals surface area contributed by atoms with E-state index in [4.69, 9.17) is 5.11 Å². The molecule has 0 saturated heterocycles. The number of benzene rings is 2. The van der Waals surface area contributed by atoms with Crippen molar-refractivity contribution in [3.63, 3.8) is 0 Å². The summed E-state index contributed by atoms with van der Waals surface area (Å²) >= 11 is 0. The molecule has 2 N–H and O–H groups in total. The average Bonchev–Trinajstić information content (AvgIpc) is 2.43. The number of nitrogens with one attached hydrogen (secondary N) is 1. The van der Waals surface area contributed by atoms with Crippen LogP contribution in [0.3, 0.4) is 0 Å². The fraction of sp³-hybridized carbons (Fsp3) is 0.